The fourth-order valence-electron chi connectivity index (χ4n) is 1.27. The summed E-state index contributed by atoms with van der Waals surface area (Å²) in [7, 11) is 0. The highest BCUT2D eigenvalue weighted by Gasteiger charge is 1.99. The Morgan fingerprint density at radius 1 is 1.38 bits per heavy atom. The molecule has 0 spiro atoms. The van der Waals surface area contributed by atoms with Gasteiger partial charge in [-0.1, -0.05) is 0 Å². The van der Waals surface area contributed by atoms with Crippen molar-refractivity contribution in [2.45, 2.75) is 26.2 Å². The third kappa shape index (κ3) is 3.03. The second-order valence-corrected chi connectivity index (χ2v) is 3.29. The number of nitrogen functional groups attached to an aromatic ring is 1. The molecule has 72 valence electrons. The van der Waals surface area contributed by atoms with Crippen LogP contribution >= 0.6 is 0 Å². The van der Waals surface area contributed by atoms with Gasteiger partial charge in [-0.25, -0.2) is 0 Å². The number of aromatic nitrogens is 1. The van der Waals surface area contributed by atoms with Gasteiger partial charge in [-0.2, -0.15) is 0 Å². The van der Waals surface area contributed by atoms with Crippen LogP contribution in [-0.4, -0.2) is 11.5 Å². The molecule has 0 atom stereocenters. The number of pyridine rings is 1. The van der Waals surface area contributed by atoms with Crippen LogP contribution in [0.15, 0.2) is 12.3 Å². The van der Waals surface area contributed by atoms with Crippen molar-refractivity contribution in [2.75, 3.05) is 12.3 Å². The monoisotopic (exact) mass is 179 g/mol. The van der Waals surface area contributed by atoms with Crippen molar-refractivity contribution in [1.29, 1.82) is 0 Å². The molecule has 13 heavy (non-hydrogen) atoms. The van der Waals surface area contributed by atoms with Gasteiger partial charge in [-0.3, -0.25) is 4.98 Å². The van der Waals surface area contributed by atoms with E-state index >= 15 is 0 Å². The Kier molecular flexibility index (Phi) is 3.71. The van der Waals surface area contributed by atoms with Gasteiger partial charge in [0.15, 0.2) is 0 Å². The normalized spacial score (nSPS) is 10.3. The predicted octanol–water partition coefficient (Wildman–Crippen LogP) is 1.25. The predicted molar refractivity (Wildman–Crippen MR) is 55.4 cm³/mol. The van der Waals surface area contributed by atoms with Crippen molar-refractivity contribution >= 4 is 5.69 Å². The largest absolute Gasteiger partial charge is 0.397 e. The topological polar surface area (TPSA) is 64.9 Å². The highest BCUT2D eigenvalue weighted by molar-refractivity contribution is 5.44. The molecule has 4 N–H and O–H groups in total. The molecule has 0 fully saturated rings. The molecule has 0 bridgehead atoms. The standard InChI is InChI=1S/C10H17N3/c1-8-6-9(12)10(13-7-8)4-2-3-5-11/h6-7H,2-5,11-12H2,1H3. The molecule has 0 unspecified atom stereocenters. The minimum absolute atomic E-state index is 0.742. The van der Waals surface area contributed by atoms with Gasteiger partial charge in [-0.05, 0) is 44.4 Å². The first-order valence-electron chi connectivity index (χ1n) is 4.65. The number of hydrogen-bond donors (Lipinski definition) is 2. The lowest BCUT2D eigenvalue weighted by atomic mass is 10.1. The maximum absolute atomic E-state index is 5.81. The van der Waals surface area contributed by atoms with E-state index in [4.69, 9.17) is 11.5 Å². The molecule has 0 aromatic carbocycles. The summed E-state index contributed by atoms with van der Waals surface area (Å²) >= 11 is 0. The summed E-state index contributed by atoms with van der Waals surface area (Å²) in [6.45, 7) is 2.73. The molecule has 1 rings (SSSR count). The lowest BCUT2D eigenvalue weighted by Gasteiger charge is -2.04. The SMILES string of the molecule is Cc1cnc(CCCCN)c(N)c1. The van der Waals surface area contributed by atoms with E-state index in [0.29, 0.717) is 0 Å². The van der Waals surface area contributed by atoms with Crippen molar-refractivity contribution in [3.05, 3.63) is 23.5 Å². The third-order valence-electron chi connectivity index (χ3n) is 2.01. The lowest BCUT2D eigenvalue weighted by Crippen LogP contribution is -2.02. The van der Waals surface area contributed by atoms with Crippen LogP contribution in [0, 0.1) is 6.92 Å². The van der Waals surface area contributed by atoms with E-state index in [2.05, 4.69) is 4.98 Å². The van der Waals surface area contributed by atoms with Gasteiger partial charge in [0.1, 0.15) is 0 Å². The maximum Gasteiger partial charge on any atom is 0.0632 e. The molecule has 0 aliphatic carbocycles. The Morgan fingerprint density at radius 3 is 2.77 bits per heavy atom. The summed E-state index contributed by atoms with van der Waals surface area (Å²) in [6.07, 6.45) is 4.89. The number of rotatable bonds is 4. The molecule has 0 radical (unpaired) electrons. The first-order valence-corrected chi connectivity index (χ1v) is 4.65. The Balaban J connectivity index is 2.56. The quantitative estimate of drug-likeness (QED) is 0.684. The van der Waals surface area contributed by atoms with E-state index in [0.717, 1.165) is 42.8 Å². The van der Waals surface area contributed by atoms with Crippen LogP contribution < -0.4 is 11.5 Å². The van der Waals surface area contributed by atoms with Gasteiger partial charge < -0.3 is 11.5 Å². The van der Waals surface area contributed by atoms with Gasteiger partial charge in [0.05, 0.1) is 11.4 Å². The Labute approximate surface area is 79.2 Å². The second-order valence-electron chi connectivity index (χ2n) is 3.29. The van der Waals surface area contributed by atoms with E-state index in [1.165, 1.54) is 0 Å². The van der Waals surface area contributed by atoms with Crippen molar-refractivity contribution in [3.63, 3.8) is 0 Å². The summed E-state index contributed by atoms with van der Waals surface area (Å²) in [5, 5.41) is 0. The Bertz CT molecular complexity index is 271. The minimum Gasteiger partial charge on any atom is -0.397 e. The number of aryl methyl sites for hydroxylation is 2. The van der Waals surface area contributed by atoms with Crippen LogP contribution in [0.1, 0.15) is 24.1 Å². The summed E-state index contributed by atoms with van der Waals surface area (Å²) in [6, 6.07) is 1.96. The molecule has 0 amide bonds. The van der Waals surface area contributed by atoms with E-state index in [9.17, 15) is 0 Å². The highest BCUT2D eigenvalue weighted by Crippen LogP contribution is 2.12. The van der Waals surface area contributed by atoms with E-state index < -0.39 is 0 Å². The fraction of sp³-hybridized carbons (Fsp3) is 0.500. The average molecular weight is 179 g/mol. The van der Waals surface area contributed by atoms with Gasteiger partial charge >= 0.3 is 0 Å². The summed E-state index contributed by atoms with van der Waals surface area (Å²) in [5.74, 6) is 0. The minimum atomic E-state index is 0.742. The zero-order chi connectivity index (χ0) is 9.68. The lowest BCUT2D eigenvalue weighted by molar-refractivity contribution is 0.733. The molecule has 1 aromatic rings. The molecular formula is C10H17N3. The van der Waals surface area contributed by atoms with E-state index in [-0.39, 0.29) is 0 Å². The number of nitrogens with two attached hydrogens (primary N) is 2. The van der Waals surface area contributed by atoms with Gasteiger partial charge in [0, 0.05) is 6.20 Å². The second kappa shape index (κ2) is 4.82. The third-order valence-corrected chi connectivity index (χ3v) is 2.01. The van der Waals surface area contributed by atoms with Gasteiger partial charge in [0.25, 0.3) is 0 Å². The molecule has 3 nitrogen and oxygen atoms in total. The van der Waals surface area contributed by atoms with Crippen LogP contribution in [0.2, 0.25) is 0 Å². The number of nitrogens with zero attached hydrogens (tertiary/aromatic N) is 1. The first-order chi connectivity index (χ1) is 6.24. The van der Waals surface area contributed by atoms with Crippen molar-refractivity contribution in [1.82, 2.24) is 4.98 Å². The molecule has 1 heterocycles. The average Bonchev–Trinajstić information content (AvgIpc) is 2.09. The highest BCUT2D eigenvalue weighted by atomic mass is 14.7. The van der Waals surface area contributed by atoms with Crippen LogP contribution in [0.5, 0.6) is 0 Å². The molecule has 1 aromatic heterocycles. The molecule has 0 aliphatic heterocycles. The van der Waals surface area contributed by atoms with Crippen LogP contribution in [-0.2, 0) is 6.42 Å². The van der Waals surface area contributed by atoms with Crippen LogP contribution in [0.4, 0.5) is 5.69 Å². The van der Waals surface area contributed by atoms with Gasteiger partial charge in [-0.15, -0.1) is 0 Å². The summed E-state index contributed by atoms with van der Waals surface area (Å²) < 4.78 is 0. The summed E-state index contributed by atoms with van der Waals surface area (Å²) in [5.41, 5.74) is 14.1. The zero-order valence-electron chi connectivity index (χ0n) is 8.09. The molecule has 0 saturated carbocycles. The molecule has 0 saturated heterocycles. The number of anilines is 1. The Hall–Kier alpha value is -1.09. The zero-order valence-corrected chi connectivity index (χ0v) is 8.09. The maximum atomic E-state index is 5.81. The smallest absolute Gasteiger partial charge is 0.0632 e. The van der Waals surface area contributed by atoms with Crippen molar-refractivity contribution in [3.8, 4) is 0 Å². The molecule has 0 aliphatic rings. The van der Waals surface area contributed by atoms with Gasteiger partial charge in [0.2, 0.25) is 0 Å². The summed E-state index contributed by atoms with van der Waals surface area (Å²) in [4.78, 5) is 4.28. The van der Waals surface area contributed by atoms with E-state index in [1.807, 2.05) is 19.2 Å². The molecule has 3 heteroatoms. The van der Waals surface area contributed by atoms with Crippen LogP contribution in [0.3, 0.4) is 0 Å². The van der Waals surface area contributed by atoms with E-state index in [1.54, 1.807) is 0 Å². The first kappa shape index (κ1) is 9.99. The Morgan fingerprint density at radius 2 is 2.15 bits per heavy atom. The molecular weight excluding hydrogens is 162 g/mol. The fourth-order valence-corrected chi connectivity index (χ4v) is 1.27. The number of unbranched alkanes of at least 4 members (excludes halogenated alkanes) is 1. The van der Waals surface area contributed by atoms with Crippen molar-refractivity contribution < 1.29 is 0 Å². The van der Waals surface area contributed by atoms with Crippen LogP contribution in [0.25, 0.3) is 0 Å². The van der Waals surface area contributed by atoms with Crippen molar-refractivity contribution in [2.24, 2.45) is 5.73 Å². The number of hydrogen-bond acceptors (Lipinski definition) is 3.